The lowest BCUT2D eigenvalue weighted by Gasteiger charge is -2.26. The number of carbonyl (C=O) groups excluding carboxylic acids is 1. The van der Waals surface area contributed by atoms with Gasteiger partial charge in [-0.25, -0.2) is 18.9 Å². The van der Waals surface area contributed by atoms with Gasteiger partial charge < -0.3 is 55.2 Å². The van der Waals surface area contributed by atoms with Crippen LogP contribution in [0.5, 0.6) is 0 Å². The van der Waals surface area contributed by atoms with Crippen molar-refractivity contribution in [3.8, 4) is 0 Å². The summed E-state index contributed by atoms with van der Waals surface area (Å²) in [6.45, 7) is -1.28. The number of phosphoric ester groups is 2. The van der Waals surface area contributed by atoms with Crippen molar-refractivity contribution >= 4 is 45.9 Å². The zero-order valence-electron chi connectivity index (χ0n) is 21.9. The van der Waals surface area contributed by atoms with E-state index in [1.165, 1.54) is 23.5 Å². The number of aliphatic hydroxyl groups is 4. The number of nitrogen functional groups attached to an aromatic ring is 1. The second-order valence-corrected chi connectivity index (χ2v) is 11.8. The molecule has 0 saturated carbocycles. The number of rotatable bonds is 8. The Balaban J connectivity index is 0.000000202. The molecule has 0 radical (unpaired) electrons. The maximum absolute atomic E-state index is 11.6. The molecule has 2 fully saturated rings. The Labute approximate surface area is 245 Å². The number of amides is 1. The Bertz CT molecular complexity index is 1480. The monoisotopic (exact) mass is 671 g/mol. The Hall–Kier alpha value is -2.86. The normalized spacial score (nSPS) is 33.3. The fourth-order valence-electron chi connectivity index (χ4n) is 4.28. The number of hydrogen-bond donors (Lipinski definition) is 9. The van der Waals surface area contributed by atoms with Gasteiger partial charge in [0.1, 0.15) is 54.6 Å². The maximum Gasteiger partial charge on any atom is 0.469 e. The van der Waals surface area contributed by atoms with Crippen LogP contribution in [0.3, 0.4) is 0 Å². The van der Waals surface area contributed by atoms with Crippen molar-refractivity contribution in [1.82, 2.24) is 14.5 Å². The number of fused-ring (bicyclic) bond motifs is 1. The molecule has 5 rings (SSSR count). The first-order valence-corrected chi connectivity index (χ1v) is 15.3. The molecule has 5 heterocycles. The number of hydrogen-bond acceptors (Lipinski definition) is 17. The summed E-state index contributed by atoms with van der Waals surface area (Å²) in [4.78, 5) is 73.8. The first-order chi connectivity index (χ1) is 20.5. The molecule has 1 amide bonds. The molecule has 0 bridgehead atoms. The van der Waals surface area contributed by atoms with E-state index in [0.717, 1.165) is 10.9 Å². The van der Waals surface area contributed by atoms with E-state index in [0.29, 0.717) is 0 Å². The summed E-state index contributed by atoms with van der Waals surface area (Å²) in [5.74, 6) is -0.369. The highest BCUT2D eigenvalue weighted by molar-refractivity contribution is 7.46. The molecule has 4 aliphatic rings. The van der Waals surface area contributed by atoms with E-state index < -0.39 is 95.6 Å². The molecule has 23 nitrogen and oxygen atoms in total. The zero-order valence-corrected chi connectivity index (χ0v) is 23.7. The van der Waals surface area contributed by atoms with Crippen LogP contribution in [0.25, 0.3) is 0 Å². The second kappa shape index (κ2) is 13.2. The van der Waals surface area contributed by atoms with Crippen molar-refractivity contribution in [2.45, 2.75) is 55.1 Å². The summed E-state index contributed by atoms with van der Waals surface area (Å²) < 4.78 is 41.3. The van der Waals surface area contributed by atoms with Gasteiger partial charge in [0.15, 0.2) is 18.5 Å². The average molecular weight is 671 g/mol. The van der Waals surface area contributed by atoms with Crippen LogP contribution < -0.4 is 11.4 Å². The van der Waals surface area contributed by atoms with E-state index >= 15 is 0 Å². The third-order valence-corrected chi connectivity index (χ3v) is 7.32. The molecule has 1 aromatic rings. The van der Waals surface area contributed by atoms with Crippen molar-refractivity contribution < 1.29 is 72.4 Å². The Morgan fingerprint density at radius 1 is 0.886 bits per heavy atom. The van der Waals surface area contributed by atoms with E-state index in [2.05, 4.69) is 29.0 Å². The van der Waals surface area contributed by atoms with Crippen LogP contribution in [0.15, 0.2) is 32.0 Å². The molecular weight excluding hydrogens is 644 g/mol. The summed E-state index contributed by atoms with van der Waals surface area (Å²) in [5.41, 5.74) is 4.52. The van der Waals surface area contributed by atoms with Crippen molar-refractivity contribution in [1.29, 1.82) is 0 Å². The molecule has 1 aromatic heterocycles. The molecule has 244 valence electrons. The molecule has 9 atom stereocenters. The largest absolute Gasteiger partial charge is 0.469 e. The Morgan fingerprint density at radius 3 is 1.98 bits per heavy atom. The van der Waals surface area contributed by atoms with E-state index in [-0.39, 0.29) is 11.7 Å². The second-order valence-electron chi connectivity index (χ2n) is 9.35. The highest BCUT2D eigenvalue weighted by Crippen LogP contribution is 2.39. The lowest BCUT2D eigenvalue weighted by atomic mass is 10.1. The van der Waals surface area contributed by atoms with Crippen LogP contribution in [0, 0.1) is 0 Å². The van der Waals surface area contributed by atoms with Crippen LogP contribution in [0.2, 0.25) is 0 Å². The average Bonchev–Trinajstić information content (AvgIpc) is 3.57. The van der Waals surface area contributed by atoms with E-state index in [1.54, 1.807) is 0 Å². The predicted molar refractivity (Wildman–Crippen MR) is 141 cm³/mol. The number of aromatic nitrogens is 2. The molecule has 10 N–H and O–H groups in total. The zero-order chi connectivity index (χ0) is 32.6. The highest BCUT2D eigenvalue weighted by atomic mass is 31.2. The van der Waals surface area contributed by atoms with Gasteiger partial charge in [0.2, 0.25) is 0 Å². The first-order valence-electron chi connectivity index (χ1n) is 12.2. The predicted octanol–water partition coefficient (Wildman–Crippen LogP) is -5.22. The SMILES string of the molecule is Nc1ccn(C2OC(COP(=O)(O)O)C(O)C2O)c(=O)n1.O=C1N=CN=C2C1N=CN2C1OC(COP(=O)(O)O)C(O)C1O. The summed E-state index contributed by atoms with van der Waals surface area (Å²) in [6, 6.07) is 0.363. The minimum Gasteiger partial charge on any atom is -0.387 e. The molecule has 0 aromatic carbocycles. The molecule has 9 unspecified atom stereocenters. The van der Waals surface area contributed by atoms with Crippen LogP contribution >= 0.6 is 15.6 Å². The molecule has 44 heavy (non-hydrogen) atoms. The van der Waals surface area contributed by atoms with Gasteiger partial charge in [-0.05, 0) is 6.07 Å². The Morgan fingerprint density at radius 2 is 1.43 bits per heavy atom. The van der Waals surface area contributed by atoms with E-state index in [4.69, 9.17) is 34.8 Å². The third-order valence-electron chi connectivity index (χ3n) is 6.35. The summed E-state index contributed by atoms with van der Waals surface area (Å²) in [6.07, 6.45) is -7.19. The van der Waals surface area contributed by atoms with Gasteiger partial charge in [-0.1, -0.05) is 0 Å². The number of ether oxygens (including phenoxy) is 2. The molecule has 25 heteroatoms. The fourth-order valence-corrected chi connectivity index (χ4v) is 4.96. The number of aliphatic imine (C=N–C) groups is 3. The van der Waals surface area contributed by atoms with Crippen LogP contribution in [-0.4, -0.2) is 141 Å². The van der Waals surface area contributed by atoms with E-state index in [1.807, 2.05) is 0 Å². The molecular formula is C19H27N7O16P2. The van der Waals surface area contributed by atoms with Crippen molar-refractivity contribution in [3.05, 3.63) is 22.7 Å². The number of aliphatic hydroxyl groups excluding tert-OH is 4. The van der Waals surface area contributed by atoms with Gasteiger partial charge in [-0.3, -0.25) is 28.3 Å². The minimum atomic E-state index is -4.74. The van der Waals surface area contributed by atoms with Crippen LogP contribution in [-0.2, 0) is 32.4 Å². The number of anilines is 1. The first kappa shape index (κ1) is 34.0. The standard InChI is InChI=1S/C10H13N4O8P.C9H14N3O8P/c15-6-4(1-21-23(18,19)20)22-10(7(6)16)14-3-13-5-8(14)11-2-12-9(5)17;10-5-1-2-12(9(15)11-5)8-7(14)6(13)4(20-8)3-19-21(16,17)18/h2-7,10,15-16H,1H2,(H2,18,19,20);1-2,4,6-8,13-14H,3H2,(H2,10,11,15)(H2,16,17,18). The molecule has 4 aliphatic heterocycles. The van der Waals surface area contributed by atoms with Gasteiger partial charge >= 0.3 is 21.3 Å². The number of carbonyl (C=O) groups is 1. The lowest BCUT2D eigenvalue weighted by Crippen LogP contribution is -2.48. The van der Waals surface area contributed by atoms with E-state index in [9.17, 15) is 39.1 Å². The number of amidine groups is 1. The molecule has 0 spiro atoms. The number of nitrogens with two attached hydrogens (primary N) is 1. The summed E-state index contributed by atoms with van der Waals surface area (Å²) in [7, 11) is -9.48. The topological polar surface area (TPSA) is 351 Å². The summed E-state index contributed by atoms with van der Waals surface area (Å²) >= 11 is 0. The minimum absolute atomic E-state index is 0.0225. The quantitative estimate of drug-likeness (QED) is 0.117. The number of phosphoric acid groups is 2. The maximum atomic E-state index is 11.6. The lowest BCUT2D eigenvalue weighted by molar-refractivity contribution is -0.117. The third kappa shape index (κ3) is 7.85. The Kier molecular flexibility index (Phi) is 10.2. The smallest absolute Gasteiger partial charge is 0.387 e. The van der Waals surface area contributed by atoms with Gasteiger partial charge in [0.25, 0.3) is 5.91 Å². The van der Waals surface area contributed by atoms with Gasteiger partial charge in [-0.2, -0.15) is 9.98 Å². The number of nitrogens with zero attached hydrogens (tertiary/aromatic N) is 6. The highest BCUT2D eigenvalue weighted by Gasteiger charge is 2.50. The van der Waals surface area contributed by atoms with Crippen molar-refractivity contribution in [3.63, 3.8) is 0 Å². The summed E-state index contributed by atoms with van der Waals surface area (Å²) in [5, 5.41) is 39.6. The van der Waals surface area contributed by atoms with Gasteiger partial charge in [-0.15, -0.1) is 0 Å². The van der Waals surface area contributed by atoms with Crippen LogP contribution in [0.4, 0.5) is 5.82 Å². The van der Waals surface area contributed by atoms with Gasteiger partial charge in [0, 0.05) is 6.20 Å². The molecule has 0 aliphatic carbocycles. The van der Waals surface area contributed by atoms with Crippen molar-refractivity contribution in [2.24, 2.45) is 15.0 Å². The van der Waals surface area contributed by atoms with Gasteiger partial charge in [0.05, 0.1) is 19.6 Å². The van der Waals surface area contributed by atoms with Crippen LogP contribution in [0.1, 0.15) is 6.23 Å². The fraction of sp³-hybridized carbons (Fsp3) is 0.579. The molecule has 2 saturated heterocycles. The van der Waals surface area contributed by atoms with Crippen molar-refractivity contribution in [2.75, 3.05) is 18.9 Å².